The molecule has 0 saturated carbocycles. The van der Waals surface area contributed by atoms with E-state index >= 15 is 0 Å². The predicted molar refractivity (Wildman–Crippen MR) is 76.7 cm³/mol. The summed E-state index contributed by atoms with van der Waals surface area (Å²) in [6, 6.07) is 4.67. The molecule has 4 heteroatoms. The molecule has 1 aromatic rings. The Morgan fingerprint density at radius 1 is 1.21 bits per heavy atom. The van der Waals surface area contributed by atoms with E-state index in [1.807, 2.05) is 6.92 Å². The van der Waals surface area contributed by atoms with Gasteiger partial charge in [0.05, 0.1) is 6.61 Å². The molecule has 0 spiro atoms. The Bertz CT molecular complexity index is 394. The lowest BCUT2D eigenvalue weighted by atomic mass is 9.80. The monoisotopic (exact) mass is 268 g/mol. The van der Waals surface area contributed by atoms with Crippen LogP contribution in [0.3, 0.4) is 0 Å². The molecule has 0 aromatic heterocycles. The van der Waals surface area contributed by atoms with Crippen molar-refractivity contribution in [1.29, 1.82) is 0 Å². The van der Waals surface area contributed by atoms with Crippen molar-refractivity contribution in [1.82, 2.24) is 0 Å². The summed E-state index contributed by atoms with van der Waals surface area (Å²) >= 11 is 0. The molecule has 0 bridgehead atoms. The van der Waals surface area contributed by atoms with Crippen molar-refractivity contribution in [3.05, 3.63) is 29.6 Å². The quantitative estimate of drug-likeness (QED) is 0.798. The lowest BCUT2D eigenvalue weighted by Crippen LogP contribution is -2.31. The summed E-state index contributed by atoms with van der Waals surface area (Å²) in [7, 11) is 0. The SMILES string of the molecule is CCOc1ccc(F)cc1C(C)C(C)C(CN)CN. The summed E-state index contributed by atoms with van der Waals surface area (Å²) in [5, 5.41) is 0. The molecule has 1 rings (SSSR count). The number of nitrogens with two attached hydrogens (primary N) is 2. The third-order valence-electron chi connectivity index (χ3n) is 3.90. The molecule has 3 nitrogen and oxygen atoms in total. The molecule has 2 atom stereocenters. The van der Waals surface area contributed by atoms with Crippen LogP contribution in [0, 0.1) is 17.7 Å². The van der Waals surface area contributed by atoms with Crippen LogP contribution in [-0.4, -0.2) is 19.7 Å². The number of rotatable bonds is 7. The molecule has 0 aliphatic heterocycles. The lowest BCUT2D eigenvalue weighted by Gasteiger charge is -2.28. The molecule has 0 fully saturated rings. The highest BCUT2D eigenvalue weighted by Crippen LogP contribution is 2.35. The van der Waals surface area contributed by atoms with Gasteiger partial charge in [-0.05, 0) is 56.0 Å². The Morgan fingerprint density at radius 2 is 1.84 bits per heavy atom. The van der Waals surface area contributed by atoms with Gasteiger partial charge in [-0.3, -0.25) is 0 Å². The Hall–Kier alpha value is -1.13. The van der Waals surface area contributed by atoms with Crippen LogP contribution in [0.5, 0.6) is 5.75 Å². The van der Waals surface area contributed by atoms with Gasteiger partial charge in [0.15, 0.2) is 0 Å². The molecule has 108 valence electrons. The maximum atomic E-state index is 13.5. The molecular formula is C15H25FN2O. The summed E-state index contributed by atoms with van der Waals surface area (Å²) in [6.45, 7) is 7.75. The first-order chi connectivity index (χ1) is 9.04. The minimum Gasteiger partial charge on any atom is -0.494 e. The van der Waals surface area contributed by atoms with Crippen LogP contribution < -0.4 is 16.2 Å². The van der Waals surface area contributed by atoms with Gasteiger partial charge in [0.25, 0.3) is 0 Å². The van der Waals surface area contributed by atoms with Crippen molar-refractivity contribution in [2.75, 3.05) is 19.7 Å². The molecule has 0 amide bonds. The van der Waals surface area contributed by atoms with Crippen LogP contribution in [-0.2, 0) is 0 Å². The maximum absolute atomic E-state index is 13.5. The van der Waals surface area contributed by atoms with Gasteiger partial charge in [-0.2, -0.15) is 0 Å². The van der Waals surface area contributed by atoms with E-state index in [2.05, 4.69) is 13.8 Å². The minimum absolute atomic E-state index is 0.148. The molecule has 0 aliphatic rings. The third-order valence-corrected chi connectivity index (χ3v) is 3.90. The molecule has 0 aliphatic carbocycles. The number of hydrogen-bond donors (Lipinski definition) is 2. The second-order valence-electron chi connectivity index (χ2n) is 4.99. The molecule has 19 heavy (non-hydrogen) atoms. The zero-order valence-corrected chi connectivity index (χ0v) is 12.0. The summed E-state index contributed by atoms with van der Waals surface area (Å²) in [4.78, 5) is 0. The topological polar surface area (TPSA) is 61.3 Å². The average molecular weight is 268 g/mol. The van der Waals surface area contributed by atoms with Crippen molar-refractivity contribution < 1.29 is 9.13 Å². The molecular weight excluding hydrogens is 243 g/mol. The normalized spacial score (nSPS) is 14.5. The Balaban J connectivity index is 3.02. The fourth-order valence-electron chi connectivity index (χ4n) is 2.38. The first kappa shape index (κ1) is 15.9. The van der Waals surface area contributed by atoms with Gasteiger partial charge < -0.3 is 16.2 Å². The Labute approximate surface area is 115 Å². The molecule has 0 saturated heterocycles. The van der Waals surface area contributed by atoms with Gasteiger partial charge in [-0.1, -0.05) is 13.8 Å². The number of benzene rings is 1. The highest BCUT2D eigenvalue weighted by molar-refractivity contribution is 5.37. The van der Waals surface area contributed by atoms with E-state index in [4.69, 9.17) is 16.2 Å². The molecule has 4 N–H and O–H groups in total. The summed E-state index contributed by atoms with van der Waals surface area (Å²) in [5.41, 5.74) is 12.4. The molecule has 2 unspecified atom stereocenters. The van der Waals surface area contributed by atoms with Gasteiger partial charge in [0.2, 0.25) is 0 Å². The van der Waals surface area contributed by atoms with Crippen molar-refractivity contribution >= 4 is 0 Å². The van der Waals surface area contributed by atoms with Gasteiger partial charge in [-0.25, -0.2) is 4.39 Å². The van der Waals surface area contributed by atoms with E-state index in [9.17, 15) is 4.39 Å². The zero-order chi connectivity index (χ0) is 14.4. The smallest absolute Gasteiger partial charge is 0.123 e. The number of hydrogen-bond acceptors (Lipinski definition) is 3. The average Bonchev–Trinajstić information content (AvgIpc) is 2.41. The van der Waals surface area contributed by atoms with E-state index in [0.29, 0.717) is 19.7 Å². The largest absolute Gasteiger partial charge is 0.494 e. The second-order valence-corrected chi connectivity index (χ2v) is 4.99. The van der Waals surface area contributed by atoms with E-state index in [1.165, 1.54) is 6.07 Å². The van der Waals surface area contributed by atoms with Crippen LogP contribution in [0.2, 0.25) is 0 Å². The van der Waals surface area contributed by atoms with Crippen LogP contribution in [0.15, 0.2) is 18.2 Å². The van der Waals surface area contributed by atoms with Crippen LogP contribution in [0.25, 0.3) is 0 Å². The molecule has 0 heterocycles. The van der Waals surface area contributed by atoms with Crippen LogP contribution in [0.1, 0.15) is 32.3 Å². The Kier molecular flexibility index (Phi) is 6.25. The summed E-state index contributed by atoms with van der Waals surface area (Å²) in [6.07, 6.45) is 0. The first-order valence-electron chi connectivity index (χ1n) is 6.87. The highest BCUT2D eigenvalue weighted by Gasteiger charge is 2.24. The zero-order valence-electron chi connectivity index (χ0n) is 12.0. The summed E-state index contributed by atoms with van der Waals surface area (Å²) in [5.74, 6) is 1.16. The Morgan fingerprint density at radius 3 is 2.37 bits per heavy atom. The van der Waals surface area contributed by atoms with Crippen LogP contribution in [0.4, 0.5) is 4.39 Å². The van der Waals surface area contributed by atoms with Gasteiger partial charge in [0.1, 0.15) is 11.6 Å². The van der Waals surface area contributed by atoms with E-state index in [-0.39, 0.29) is 23.6 Å². The second kappa shape index (κ2) is 7.46. The van der Waals surface area contributed by atoms with E-state index < -0.39 is 0 Å². The standard InChI is InChI=1S/C15H25FN2O/c1-4-19-15-6-5-13(16)7-14(15)11(3)10(2)12(8-17)9-18/h5-7,10-12H,4,8-9,17-18H2,1-3H3. The van der Waals surface area contributed by atoms with Crippen molar-refractivity contribution in [3.8, 4) is 5.75 Å². The molecule has 1 aromatic carbocycles. The van der Waals surface area contributed by atoms with Gasteiger partial charge in [0, 0.05) is 5.56 Å². The van der Waals surface area contributed by atoms with Crippen molar-refractivity contribution in [3.63, 3.8) is 0 Å². The third kappa shape index (κ3) is 3.91. The van der Waals surface area contributed by atoms with Crippen molar-refractivity contribution in [2.24, 2.45) is 23.3 Å². The van der Waals surface area contributed by atoms with Gasteiger partial charge in [-0.15, -0.1) is 0 Å². The minimum atomic E-state index is -0.241. The summed E-state index contributed by atoms with van der Waals surface area (Å²) < 4.78 is 19.1. The maximum Gasteiger partial charge on any atom is 0.123 e. The van der Waals surface area contributed by atoms with E-state index in [1.54, 1.807) is 12.1 Å². The fourth-order valence-corrected chi connectivity index (χ4v) is 2.38. The lowest BCUT2D eigenvalue weighted by molar-refractivity contribution is 0.304. The number of halogens is 1. The van der Waals surface area contributed by atoms with Gasteiger partial charge >= 0.3 is 0 Å². The van der Waals surface area contributed by atoms with Crippen LogP contribution >= 0.6 is 0 Å². The fraction of sp³-hybridized carbons (Fsp3) is 0.600. The first-order valence-corrected chi connectivity index (χ1v) is 6.87. The number of ether oxygens (including phenoxy) is 1. The predicted octanol–water partition coefficient (Wildman–Crippen LogP) is 2.50. The van der Waals surface area contributed by atoms with E-state index in [0.717, 1.165) is 11.3 Å². The van der Waals surface area contributed by atoms with Crippen molar-refractivity contribution in [2.45, 2.75) is 26.7 Å². The molecule has 0 radical (unpaired) electrons. The highest BCUT2D eigenvalue weighted by atomic mass is 19.1.